The molecular weight excluding hydrogens is 278 g/mol. The van der Waals surface area contributed by atoms with Crippen LogP contribution >= 0.6 is 0 Å². The van der Waals surface area contributed by atoms with Crippen molar-refractivity contribution in [1.29, 1.82) is 0 Å². The second-order valence-corrected chi connectivity index (χ2v) is 6.13. The molecule has 0 N–H and O–H groups in total. The minimum atomic E-state index is -0.0898. The molecule has 0 saturated heterocycles. The van der Waals surface area contributed by atoms with Crippen molar-refractivity contribution in [3.63, 3.8) is 0 Å². The maximum Gasteiger partial charge on any atom is 0.261 e. The fourth-order valence-electron chi connectivity index (χ4n) is 2.55. The van der Waals surface area contributed by atoms with Crippen molar-refractivity contribution in [1.82, 2.24) is 14.5 Å². The Hall–Kier alpha value is -2.17. The van der Waals surface area contributed by atoms with Gasteiger partial charge in [0.2, 0.25) is 5.91 Å². The Morgan fingerprint density at radius 1 is 1.36 bits per heavy atom. The van der Waals surface area contributed by atoms with Gasteiger partial charge < -0.3 is 4.90 Å². The summed E-state index contributed by atoms with van der Waals surface area (Å²) in [7, 11) is 1.80. The van der Waals surface area contributed by atoms with Crippen LogP contribution in [-0.2, 0) is 11.3 Å². The zero-order chi connectivity index (χ0) is 16.3. The van der Waals surface area contributed by atoms with Crippen LogP contribution in [-0.4, -0.2) is 34.0 Å². The molecule has 0 atom stereocenters. The average molecular weight is 301 g/mol. The molecule has 118 valence electrons. The molecule has 1 aromatic heterocycles. The van der Waals surface area contributed by atoms with E-state index in [2.05, 4.69) is 18.8 Å². The number of aryl methyl sites for hydroxylation is 2. The molecule has 0 spiro atoms. The summed E-state index contributed by atoms with van der Waals surface area (Å²) in [5.74, 6) is 0.479. The van der Waals surface area contributed by atoms with E-state index in [1.165, 1.54) is 10.9 Å². The van der Waals surface area contributed by atoms with Gasteiger partial charge in [-0.1, -0.05) is 26.0 Å². The predicted octanol–water partition coefficient (Wildman–Crippen LogP) is 2.21. The van der Waals surface area contributed by atoms with Crippen LogP contribution in [0.15, 0.2) is 29.3 Å². The molecule has 0 radical (unpaired) electrons. The number of hydrogen-bond acceptors (Lipinski definition) is 3. The number of aromatic nitrogens is 2. The first-order chi connectivity index (χ1) is 10.4. The van der Waals surface area contributed by atoms with E-state index in [-0.39, 0.29) is 11.5 Å². The van der Waals surface area contributed by atoms with Crippen LogP contribution in [0.1, 0.15) is 25.8 Å². The number of nitrogens with zero attached hydrogens (tertiary/aromatic N) is 3. The molecule has 0 fully saturated rings. The Kier molecular flexibility index (Phi) is 4.96. The fourth-order valence-corrected chi connectivity index (χ4v) is 2.55. The van der Waals surface area contributed by atoms with E-state index in [9.17, 15) is 9.59 Å². The maximum absolute atomic E-state index is 12.4. The molecule has 0 aliphatic carbocycles. The molecular formula is C17H23N3O2. The van der Waals surface area contributed by atoms with Crippen LogP contribution in [0.4, 0.5) is 0 Å². The van der Waals surface area contributed by atoms with E-state index in [0.29, 0.717) is 24.3 Å². The van der Waals surface area contributed by atoms with E-state index in [0.717, 1.165) is 17.6 Å². The van der Waals surface area contributed by atoms with Crippen LogP contribution in [0.5, 0.6) is 0 Å². The number of carbonyl (C=O) groups excluding carboxylic acids is 1. The van der Waals surface area contributed by atoms with Crippen molar-refractivity contribution in [2.24, 2.45) is 5.92 Å². The van der Waals surface area contributed by atoms with E-state index in [1.54, 1.807) is 18.0 Å². The van der Waals surface area contributed by atoms with Crippen molar-refractivity contribution >= 4 is 16.8 Å². The van der Waals surface area contributed by atoms with E-state index in [1.807, 2.05) is 19.1 Å². The van der Waals surface area contributed by atoms with Gasteiger partial charge in [-0.25, -0.2) is 4.98 Å². The second kappa shape index (κ2) is 6.73. The summed E-state index contributed by atoms with van der Waals surface area (Å²) in [4.78, 5) is 30.6. The van der Waals surface area contributed by atoms with Gasteiger partial charge in [0.1, 0.15) is 0 Å². The quantitative estimate of drug-likeness (QED) is 0.851. The van der Waals surface area contributed by atoms with E-state index < -0.39 is 0 Å². The molecule has 5 nitrogen and oxygen atoms in total. The van der Waals surface area contributed by atoms with E-state index >= 15 is 0 Å². The first kappa shape index (κ1) is 16.2. The Morgan fingerprint density at radius 3 is 2.77 bits per heavy atom. The maximum atomic E-state index is 12.4. The number of benzene rings is 1. The molecule has 2 rings (SSSR count). The smallest absolute Gasteiger partial charge is 0.261 e. The average Bonchev–Trinajstić information content (AvgIpc) is 2.46. The molecule has 2 aromatic rings. The summed E-state index contributed by atoms with van der Waals surface area (Å²) in [5.41, 5.74) is 1.62. The summed E-state index contributed by atoms with van der Waals surface area (Å²) in [6.07, 6.45) is 1.84. The Balaban J connectivity index is 2.14. The van der Waals surface area contributed by atoms with Gasteiger partial charge >= 0.3 is 0 Å². The third-order valence-corrected chi connectivity index (χ3v) is 3.69. The van der Waals surface area contributed by atoms with Gasteiger partial charge in [-0.15, -0.1) is 0 Å². The third kappa shape index (κ3) is 3.53. The van der Waals surface area contributed by atoms with Gasteiger partial charge in [0.05, 0.1) is 17.2 Å². The Bertz CT molecular complexity index is 734. The highest BCUT2D eigenvalue weighted by molar-refractivity contribution is 5.80. The minimum absolute atomic E-state index is 0.0462. The molecule has 0 aliphatic rings. The lowest BCUT2D eigenvalue weighted by Crippen LogP contribution is -2.32. The summed E-state index contributed by atoms with van der Waals surface area (Å²) < 4.78 is 1.52. The van der Waals surface area contributed by atoms with Gasteiger partial charge in [0.25, 0.3) is 5.56 Å². The highest BCUT2D eigenvalue weighted by Gasteiger charge is 2.11. The highest BCUT2D eigenvalue weighted by Crippen LogP contribution is 2.11. The monoisotopic (exact) mass is 301 g/mol. The molecule has 1 amide bonds. The molecule has 0 unspecified atom stereocenters. The highest BCUT2D eigenvalue weighted by atomic mass is 16.2. The predicted molar refractivity (Wildman–Crippen MR) is 87.8 cm³/mol. The summed E-state index contributed by atoms with van der Waals surface area (Å²) in [6.45, 7) is 7.16. The molecule has 0 bridgehead atoms. The molecule has 1 aromatic carbocycles. The first-order valence-corrected chi connectivity index (χ1v) is 7.59. The van der Waals surface area contributed by atoms with Crippen LogP contribution in [0.2, 0.25) is 0 Å². The summed E-state index contributed by atoms with van der Waals surface area (Å²) in [5, 5.41) is 0.602. The van der Waals surface area contributed by atoms with Crippen molar-refractivity contribution in [3.8, 4) is 0 Å². The number of para-hydroxylation sites is 1. The number of fused-ring (bicyclic) bond motifs is 1. The normalized spacial score (nSPS) is 11.1. The lowest BCUT2D eigenvalue weighted by atomic mass is 10.1. The van der Waals surface area contributed by atoms with E-state index in [4.69, 9.17) is 0 Å². The van der Waals surface area contributed by atoms with Gasteiger partial charge in [0, 0.05) is 26.6 Å². The fraction of sp³-hybridized carbons (Fsp3) is 0.471. The lowest BCUT2D eigenvalue weighted by Gasteiger charge is -2.19. The summed E-state index contributed by atoms with van der Waals surface area (Å²) >= 11 is 0. The van der Waals surface area contributed by atoms with Crippen LogP contribution in [0.25, 0.3) is 10.9 Å². The Labute approximate surface area is 130 Å². The third-order valence-electron chi connectivity index (χ3n) is 3.69. The SMILES string of the molecule is Cc1cccc2c(=O)n(CCC(=O)N(C)CC(C)C)cnc12. The first-order valence-electron chi connectivity index (χ1n) is 7.59. The zero-order valence-electron chi connectivity index (χ0n) is 13.7. The van der Waals surface area contributed by atoms with Crippen molar-refractivity contribution < 1.29 is 4.79 Å². The molecule has 0 saturated carbocycles. The van der Waals surface area contributed by atoms with Gasteiger partial charge in [0.15, 0.2) is 0 Å². The molecule has 1 heterocycles. The Morgan fingerprint density at radius 2 is 2.09 bits per heavy atom. The minimum Gasteiger partial charge on any atom is -0.345 e. The van der Waals surface area contributed by atoms with Crippen molar-refractivity contribution in [2.45, 2.75) is 33.7 Å². The van der Waals surface area contributed by atoms with Crippen LogP contribution in [0, 0.1) is 12.8 Å². The van der Waals surface area contributed by atoms with Crippen molar-refractivity contribution in [2.75, 3.05) is 13.6 Å². The molecule has 22 heavy (non-hydrogen) atoms. The zero-order valence-corrected chi connectivity index (χ0v) is 13.7. The van der Waals surface area contributed by atoms with Crippen molar-refractivity contribution in [3.05, 3.63) is 40.4 Å². The van der Waals surface area contributed by atoms with Gasteiger partial charge in [-0.2, -0.15) is 0 Å². The standard InChI is InChI=1S/C17H23N3O2/c1-12(2)10-19(4)15(21)8-9-20-11-18-16-13(3)6-5-7-14(16)17(20)22/h5-7,11-12H,8-10H2,1-4H3. The van der Waals surface area contributed by atoms with Crippen LogP contribution < -0.4 is 5.56 Å². The molecule has 5 heteroatoms. The number of carbonyl (C=O) groups is 1. The largest absolute Gasteiger partial charge is 0.345 e. The molecule has 0 aliphatic heterocycles. The second-order valence-electron chi connectivity index (χ2n) is 6.13. The lowest BCUT2D eigenvalue weighted by molar-refractivity contribution is -0.130. The topological polar surface area (TPSA) is 55.2 Å². The number of rotatable bonds is 5. The van der Waals surface area contributed by atoms with Crippen LogP contribution in [0.3, 0.4) is 0 Å². The summed E-state index contributed by atoms with van der Waals surface area (Å²) in [6, 6.07) is 5.57. The van der Waals surface area contributed by atoms with Gasteiger partial charge in [-0.05, 0) is 24.5 Å². The van der Waals surface area contributed by atoms with Gasteiger partial charge in [-0.3, -0.25) is 14.2 Å². The number of amides is 1. The number of hydrogen-bond donors (Lipinski definition) is 0.